The van der Waals surface area contributed by atoms with Crippen molar-refractivity contribution in [1.82, 2.24) is 10.2 Å². The fraction of sp³-hybridized carbons (Fsp3) is 0.391. The molecule has 2 aromatic carbocycles. The predicted molar refractivity (Wildman–Crippen MR) is 148 cm³/mol. The van der Waals surface area contributed by atoms with Gasteiger partial charge in [0.1, 0.15) is 12.6 Å². The summed E-state index contributed by atoms with van der Waals surface area (Å²) in [6.07, 6.45) is 0.929. The number of anilines is 1. The molecule has 0 radical (unpaired) electrons. The molecule has 0 unspecified atom stereocenters. The lowest BCUT2D eigenvalue weighted by Crippen LogP contribution is -2.54. The highest BCUT2D eigenvalue weighted by molar-refractivity contribution is 7.92. The van der Waals surface area contributed by atoms with Crippen LogP contribution in [-0.4, -0.2) is 49.5 Å². The maximum Gasteiger partial charge on any atom is 0.244 e. The molecule has 0 fully saturated rings. The lowest BCUT2D eigenvalue weighted by molar-refractivity contribution is -0.140. The molecule has 13 heteroatoms. The molecule has 0 saturated carbocycles. The van der Waals surface area contributed by atoms with Crippen molar-refractivity contribution in [3.05, 3.63) is 61.0 Å². The Labute approximate surface area is 236 Å². The summed E-state index contributed by atoms with van der Waals surface area (Å²) in [4.78, 5) is 27.8. The molecule has 0 aliphatic rings. The number of hydrogen-bond donors (Lipinski definition) is 1. The summed E-state index contributed by atoms with van der Waals surface area (Å²) >= 11 is 30.5. The molecular formula is C23H26Cl5N3O4S. The number of benzene rings is 2. The number of hydrogen-bond acceptors (Lipinski definition) is 4. The number of halogens is 5. The van der Waals surface area contributed by atoms with Crippen molar-refractivity contribution in [2.45, 2.75) is 45.8 Å². The van der Waals surface area contributed by atoms with Crippen LogP contribution in [0.1, 0.15) is 33.3 Å². The van der Waals surface area contributed by atoms with Crippen LogP contribution < -0.4 is 9.62 Å². The average molecular weight is 618 g/mol. The van der Waals surface area contributed by atoms with Crippen LogP contribution in [-0.2, 0) is 26.2 Å². The number of nitrogens with zero attached hydrogens (tertiary/aromatic N) is 2. The van der Waals surface area contributed by atoms with Crippen LogP contribution in [0, 0.1) is 0 Å². The van der Waals surface area contributed by atoms with Crippen LogP contribution in [0.25, 0.3) is 0 Å². The zero-order chi connectivity index (χ0) is 27.6. The topological polar surface area (TPSA) is 86.8 Å². The van der Waals surface area contributed by atoms with Gasteiger partial charge in [-0.15, -0.1) is 0 Å². The van der Waals surface area contributed by atoms with Gasteiger partial charge >= 0.3 is 0 Å². The Hall–Kier alpha value is -1.42. The Morgan fingerprint density at radius 1 is 0.917 bits per heavy atom. The Morgan fingerprint density at radius 2 is 1.47 bits per heavy atom. The second kappa shape index (κ2) is 12.0. The van der Waals surface area contributed by atoms with E-state index in [1.165, 1.54) is 17.0 Å². The molecular weight excluding hydrogens is 592 g/mol. The second-order valence-electron chi connectivity index (χ2n) is 9.17. The minimum absolute atomic E-state index is 0.0165. The van der Waals surface area contributed by atoms with Gasteiger partial charge in [0.15, 0.2) is 0 Å². The Balaban J connectivity index is 2.50. The van der Waals surface area contributed by atoms with Gasteiger partial charge in [-0.05, 0) is 57.5 Å². The van der Waals surface area contributed by atoms with Gasteiger partial charge < -0.3 is 10.2 Å². The largest absolute Gasteiger partial charge is 0.350 e. The lowest BCUT2D eigenvalue weighted by Gasteiger charge is -2.33. The van der Waals surface area contributed by atoms with Crippen LogP contribution in [0.3, 0.4) is 0 Å². The average Bonchev–Trinajstić information content (AvgIpc) is 2.73. The van der Waals surface area contributed by atoms with Crippen LogP contribution in [0.15, 0.2) is 30.3 Å². The summed E-state index contributed by atoms with van der Waals surface area (Å²) in [6, 6.07) is 6.39. The van der Waals surface area contributed by atoms with E-state index in [-0.39, 0.29) is 32.3 Å². The van der Waals surface area contributed by atoms with E-state index in [9.17, 15) is 18.0 Å². The van der Waals surface area contributed by atoms with E-state index in [0.29, 0.717) is 10.6 Å². The smallest absolute Gasteiger partial charge is 0.244 e. The number of rotatable bonds is 8. The molecule has 2 rings (SSSR count). The molecule has 1 N–H and O–H groups in total. The highest BCUT2D eigenvalue weighted by atomic mass is 35.5. The monoisotopic (exact) mass is 615 g/mol. The van der Waals surface area contributed by atoms with Gasteiger partial charge in [0.05, 0.1) is 37.1 Å². The molecule has 2 amide bonds. The number of carbonyl (C=O) groups is 2. The van der Waals surface area contributed by atoms with Crippen LogP contribution in [0.2, 0.25) is 25.1 Å². The third-order valence-electron chi connectivity index (χ3n) is 4.94. The first-order valence-electron chi connectivity index (χ1n) is 10.6. The van der Waals surface area contributed by atoms with Gasteiger partial charge in [-0.3, -0.25) is 13.9 Å². The molecule has 0 aromatic heterocycles. The van der Waals surface area contributed by atoms with E-state index >= 15 is 0 Å². The SMILES string of the molecule is C[C@H](C(=O)NC(C)(C)C)N(Cc1ccc(Cl)c(Cl)c1)C(=O)CN(c1cc(Cl)c(Cl)cc1Cl)S(C)(=O)=O. The molecule has 7 nitrogen and oxygen atoms in total. The second-order valence-corrected chi connectivity index (χ2v) is 13.1. The maximum atomic E-state index is 13.6. The lowest BCUT2D eigenvalue weighted by atomic mass is 10.1. The van der Waals surface area contributed by atoms with Crippen LogP contribution in [0.4, 0.5) is 5.69 Å². The molecule has 0 aliphatic carbocycles. The van der Waals surface area contributed by atoms with Crippen LogP contribution >= 0.6 is 58.0 Å². The van der Waals surface area contributed by atoms with E-state index in [1.54, 1.807) is 45.9 Å². The summed E-state index contributed by atoms with van der Waals surface area (Å²) in [5.41, 5.74) is 0.00515. The minimum atomic E-state index is -4.00. The standard InChI is InChI=1S/C23H26Cl5N3O4S/c1-13(22(33)29-23(2,3)4)30(11-14-6-7-15(24)16(25)8-14)21(32)12-31(36(5,34)35)20-10-18(27)17(26)9-19(20)28/h6-10,13H,11-12H2,1-5H3,(H,29,33)/t13-/m1/s1. The molecule has 0 aliphatic heterocycles. The van der Waals surface area contributed by atoms with Gasteiger partial charge in [-0.25, -0.2) is 8.42 Å². The number of sulfonamides is 1. The van der Waals surface area contributed by atoms with Crippen molar-refractivity contribution in [3.8, 4) is 0 Å². The van der Waals surface area contributed by atoms with E-state index in [4.69, 9.17) is 58.0 Å². The highest BCUT2D eigenvalue weighted by Crippen LogP contribution is 2.35. The highest BCUT2D eigenvalue weighted by Gasteiger charge is 2.32. The fourth-order valence-electron chi connectivity index (χ4n) is 3.19. The molecule has 1 atom stereocenters. The molecule has 0 bridgehead atoms. The van der Waals surface area contributed by atoms with Gasteiger partial charge in [0, 0.05) is 12.1 Å². The van der Waals surface area contributed by atoms with Gasteiger partial charge in [0.25, 0.3) is 0 Å². The fourth-order valence-corrected chi connectivity index (χ4v) is 5.06. The van der Waals surface area contributed by atoms with E-state index in [2.05, 4.69) is 5.32 Å². The van der Waals surface area contributed by atoms with Crippen molar-refractivity contribution >= 4 is 85.5 Å². The predicted octanol–water partition coefficient (Wildman–Crippen LogP) is 6.05. The third kappa shape index (κ3) is 8.30. The van der Waals surface area contributed by atoms with Crippen molar-refractivity contribution in [1.29, 1.82) is 0 Å². The summed E-state index contributed by atoms with van der Waals surface area (Å²) in [5.74, 6) is -1.08. The van der Waals surface area contributed by atoms with E-state index in [1.807, 2.05) is 0 Å². The minimum Gasteiger partial charge on any atom is -0.350 e. The van der Waals surface area contributed by atoms with Crippen molar-refractivity contribution in [3.63, 3.8) is 0 Å². The summed E-state index contributed by atoms with van der Waals surface area (Å²) in [6.45, 7) is 6.28. The Morgan fingerprint density at radius 3 is 2.00 bits per heavy atom. The van der Waals surface area contributed by atoms with Crippen molar-refractivity contribution in [2.24, 2.45) is 0 Å². The zero-order valence-electron chi connectivity index (χ0n) is 20.2. The number of nitrogens with one attached hydrogen (secondary N) is 1. The van der Waals surface area contributed by atoms with Gasteiger partial charge in [-0.1, -0.05) is 64.1 Å². The van der Waals surface area contributed by atoms with Crippen molar-refractivity contribution in [2.75, 3.05) is 17.1 Å². The van der Waals surface area contributed by atoms with E-state index in [0.717, 1.165) is 10.6 Å². The Kier molecular flexibility index (Phi) is 10.2. The Bertz CT molecular complexity index is 1270. The molecule has 198 valence electrons. The first kappa shape index (κ1) is 30.8. The zero-order valence-corrected chi connectivity index (χ0v) is 24.8. The molecule has 2 aromatic rings. The third-order valence-corrected chi connectivity index (χ3v) is 7.83. The summed E-state index contributed by atoms with van der Waals surface area (Å²) in [5, 5.41) is 3.60. The number of amides is 2. The molecule has 36 heavy (non-hydrogen) atoms. The maximum absolute atomic E-state index is 13.6. The molecule has 0 saturated heterocycles. The van der Waals surface area contributed by atoms with Gasteiger partial charge in [-0.2, -0.15) is 0 Å². The molecule has 0 spiro atoms. The van der Waals surface area contributed by atoms with Gasteiger partial charge in [0.2, 0.25) is 21.8 Å². The quantitative estimate of drug-likeness (QED) is 0.366. The van der Waals surface area contributed by atoms with Crippen LogP contribution in [0.5, 0.6) is 0 Å². The first-order chi connectivity index (χ1) is 16.4. The summed E-state index contributed by atoms with van der Waals surface area (Å²) < 4.78 is 26.2. The van der Waals surface area contributed by atoms with Crippen molar-refractivity contribution < 1.29 is 18.0 Å². The number of carbonyl (C=O) groups excluding carboxylic acids is 2. The van der Waals surface area contributed by atoms with E-state index < -0.39 is 40.0 Å². The molecule has 0 heterocycles. The first-order valence-corrected chi connectivity index (χ1v) is 14.3. The summed E-state index contributed by atoms with van der Waals surface area (Å²) in [7, 11) is -4.00. The normalized spacial score (nSPS) is 12.7.